The van der Waals surface area contributed by atoms with E-state index in [2.05, 4.69) is 10.1 Å². The molecule has 7 nitrogen and oxygen atoms in total. The van der Waals surface area contributed by atoms with Gasteiger partial charge >= 0.3 is 5.97 Å². The van der Waals surface area contributed by atoms with E-state index in [9.17, 15) is 9.90 Å². The molecular formula is C11H17N3O4. The number of carboxylic acids is 1. The van der Waals surface area contributed by atoms with E-state index in [1.54, 1.807) is 4.90 Å². The molecule has 0 spiro atoms. The van der Waals surface area contributed by atoms with Gasteiger partial charge in [-0.1, -0.05) is 19.0 Å². The van der Waals surface area contributed by atoms with Gasteiger partial charge in [-0.2, -0.15) is 4.98 Å². The first kappa shape index (κ1) is 13.0. The molecule has 1 saturated heterocycles. The van der Waals surface area contributed by atoms with Crippen molar-refractivity contribution in [2.75, 3.05) is 6.54 Å². The van der Waals surface area contributed by atoms with Crippen LogP contribution in [-0.4, -0.2) is 49.9 Å². The third-order valence-electron chi connectivity index (χ3n) is 3.00. The minimum Gasteiger partial charge on any atom is -0.480 e. The van der Waals surface area contributed by atoms with Gasteiger partial charge in [-0.3, -0.25) is 9.69 Å². The number of aliphatic hydroxyl groups is 1. The number of nitrogens with zero attached hydrogens (tertiary/aromatic N) is 3. The summed E-state index contributed by atoms with van der Waals surface area (Å²) in [5, 5.41) is 22.4. The smallest absolute Gasteiger partial charge is 0.321 e. The second kappa shape index (κ2) is 5.03. The molecule has 0 unspecified atom stereocenters. The monoisotopic (exact) mass is 255 g/mol. The number of rotatable bonds is 4. The van der Waals surface area contributed by atoms with Crippen molar-refractivity contribution >= 4 is 5.97 Å². The third-order valence-corrected chi connectivity index (χ3v) is 3.00. The van der Waals surface area contributed by atoms with E-state index in [-0.39, 0.29) is 18.9 Å². The van der Waals surface area contributed by atoms with Crippen molar-refractivity contribution in [3.63, 3.8) is 0 Å². The topological polar surface area (TPSA) is 99.7 Å². The zero-order valence-electron chi connectivity index (χ0n) is 10.4. The maximum atomic E-state index is 11.0. The van der Waals surface area contributed by atoms with Crippen LogP contribution in [0.4, 0.5) is 0 Å². The summed E-state index contributed by atoms with van der Waals surface area (Å²) in [4.78, 5) is 16.9. The normalized spacial score (nSPS) is 24.9. The molecule has 7 heteroatoms. The van der Waals surface area contributed by atoms with E-state index in [4.69, 9.17) is 9.63 Å². The van der Waals surface area contributed by atoms with Crippen LogP contribution in [0.15, 0.2) is 4.52 Å². The van der Waals surface area contributed by atoms with Gasteiger partial charge in [0.05, 0.1) is 12.6 Å². The van der Waals surface area contributed by atoms with Crippen LogP contribution in [0.25, 0.3) is 0 Å². The molecule has 1 aliphatic rings. The summed E-state index contributed by atoms with van der Waals surface area (Å²) in [6.07, 6.45) is -0.376. The van der Waals surface area contributed by atoms with Gasteiger partial charge in [-0.05, 0) is 0 Å². The average molecular weight is 255 g/mol. The summed E-state index contributed by atoms with van der Waals surface area (Å²) in [5.74, 6) is 0.229. The lowest BCUT2D eigenvalue weighted by atomic mass is 10.2. The molecule has 1 aliphatic heterocycles. The molecule has 18 heavy (non-hydrogen) atoms. The lowest BCUT2D eigenvalue weighted by Gasteiger charge is -2.17. The molecule has 0 bridgehead atoms. The number of β-amino-alcohol motifs (C(OH)–C–C–N with tert-alkyl or cyclic N) is 1. The highest BCUT2D eigenvalue weighted by atomic mass is 16.5. The van der Waals surface area contributed by atoms with Gasteiger partial charge in [0.15, 0.2) is 5.82 Å². The zero-order valence-corrected chi connectivity index (χ0v) is 10.4. The first-order valence-corrected chi connectivity index (χ1v) is 5.94. The predicted octanol–water partition coefficient (Wildman–Crippen LogP) is 0.213. The molecule has 0 aliphatic carbocycles. The van der Waals surface area contributed by atoms with Crippen LogP contribution < -0.4 is 0 Å². The Bertz CT molecular complexity index is 432. The highest BCUT2D eigenvalue weighted by Crippen LogP contribution is 2.21. The number of aliphatic hydroxyl groups excluding tert-OH is 1. The Hall–Kier alpha value is -1.47. The Morgan fingerprint density at radius 3 is 2.89 bits per heavy atom. The molecule has 2 N–H and O–H groups in total. The highest BCUT2D eigenvalue weighted by Gasteiger charge is 2.36. The maximum absolute atomic E-state index is 11.0. The number of likely N-dealkylation sites (tertiary alicyclic amines) is 1. The van der Waals surface area contributed by atoms with E-state index >= 15 is 0 Å². The van der Waals surface area contributed by atoms with E-state index in [1.807, 2.05) is 13.8 Å². The van der Waals surface area contributed by atoms with Gasteiger partial charge in [0, 0.05) is 18.9 Å². The first-order chi connectivity index (χ1) is 8.47. The van der Waals surface area contributed by atoms with Crippen LogP contribution in [-0.2, 0) is 11.3 Å². The van der Waals surface area contributed by atoms with Crippen LogP contribution >= 0.6 is 0 Å². The van der Waals surface area contributed by atoms with Gasteiger partial charge in [0.25, 0.3) is 0 Å². The fourth-order valence-electron chi connectivity index (χ4n) is 2.05. The van der Waals surface area contributed by atoms with E-state index in [0.29, 0.717) is 18.3 Å². The molecule has 0 saturated carbocycles. The summed E-state index contributed by atoms with van der Waals surface area (Å²) in [6.45, 7) is 4.48. The predicted molar refractivity (Wildman–Crippen MR) is 60.8 cm³/mol. The van der Waals surface area contributed by atoms with Crippen LogP contribution in [0.2, 0.25) is 0 Å². The molecule has 2 heterocycles. The number of carboxylic acid groups (broad SMARTS) is 1. The van der Waals surface area contributed by atoms with Crippen molar-refractivity contribution < 1.29 is 19.5 Å². The summed E-state index contributed by atoms with van der Waals surface area (Å²) >= 11 is 0. The van der Waals surface area contributed by atoms with Crippen molar-refractivity contribution in [1.29, 1.82) is 0 Å². The number of hydrogen-bond donors (Lipinski definition) is 2. The zero-order chi connectivity index (χ0) is 13.3. The van der Waals surface area contributed by atoms with Crippen molar-refractivity contribution in [3.8, 4) is 0 Å². The third kappa shape index (κ3) is 2.68. The fraction of sp³-hybridized carbons (Fsp3) is 0.727. The minimum atomic E-state index is -0.935. The standard InChI is InChI=1S/C11H17N3O4/c1-6(2)10-12-9(18-13-10)5-14-4-7(15)3-8(14)11(16)17/h6-8,15H,3-5H2,1-2H3,(H,16,17)/t7-,8+/m1/s1. The summed E-state index contributed by atoms with van der Waals surface area (Å²) in [6, 6.07) is -0.686. The van der Waals surface area contributed by atoms with Crippen LogP contribution in [0.3, 0.4) is 0 Å². The molecule has 2 rings (SSSR count). The second-order valence-electron chi connectivity index (χ2n) is 4.87. The lowest BCUT2D eigenvalue weighted by Crippen LogP contribution is -2.35. The number of aliphatic carboxylic acids is 1. The van der Waals surface area contributed by atoms with Gasteiger partial charge in [0.2, 0.25) is 5.89 Å². The van der Waals surface area contributed by atoms with Gasteiger partial charge in [0.1, 0.15) is 6.04 Å². The Balaban J connectivity index is 2.05. The highest BCUT2D eigenvalue weighted by molar-refractivity contribution is 5.73. The first-order valence-electron chi connectivity index (χ1n) is 5.94. The fourth-order valence-corrected chi connectivity index (χ4v) is 2.05. The molecule has 0 amide bonds. The molecule has 0 aromatic carbocycles. The molecule has 0 radical (unpaired) electrons. The molecular weight excluding hydrogens is 238 g/mol. The molecule has 100 valence electrons. The Morgan fingerprint density at radius 2 is 2.33 bits per heavy atom. The lowest BCUT2D eigenvalue weighted by molar-refractivity contribution is -0.142. The molecule has 2 atom stereocenters. The Kier molecular flexibility index (Phi) is 3.63. The van der Waals surface area contributed by atoms with Crippen LogP contribution in [0.1, 0.15) is 37.9 Å². The number of hydrogen-bond acceptors (Lipinski definition) is 6. The Morgan fingerprint density at radius 1 is 1.61 bits per heavy atom. The van der Waals surface area contributed by atoms with E-state index < -0.39 is 18.1 Å². The van der Waals surface area contributed by atoms with Gasteiger partial charge < -0.3 is 14.7 Å². The average Bonchev–Trinajstić information content (AvgIpc) is 2.86. The SMILES string of the molecule is CC(C)c1noc(CN2C[C@H](O)C[C@H]2C(=O)O)n1. The Labute approximate surface area is 104 Å². The van der Waals surface area contributed by atoms with Crippen molar-refractivity contribution in [2.24, 2.45) is 0 Å². The largest absolute Gasteiger partial charge is 0.480 e. The van der Waals surface area contributed by atoms with Crippen LogP contribution in [0.5, 0.6) is 0 Å². The van der Waals surface area contributed by atoms with Gasteiger partial charge in [-0.25, -0.2) is 0 Å². The van der Waals surface area contributed by atoms with Crippen molar-refractivity contribution in [3.05, 3.63) is 11.7 Å². The second-order valence-corrected chi connectivity index (χ2v) is 4.87. The van der Waals surface area contributed by atoms with Crippen molar-refractivity contribution in [2.45, 2.75) is 44.9 Å². The van der Waals surface area contributed by atoms with E-state index in [0.717, 1.165) is 0 Å². The van der Waals surface area contributed by atoms with Crippen LogP contribution in [0, 0.1) is 0 Å². The minimum absolute atomic E-state index is 0.168. The summed E-state index contributed by atoms with van der Waals surface area (Å²) in [7, 11) is 0. The molecule has 1 fully saturated rings. The van der Waals surface area contributed by atoms with Crippen molar-refractivity contribution in [1.82, 2.24) is 15.0 Å². The maximum Gasteiger partial charge on any atom is 0.321 e. The molecule has 1 aromatic rings. The number of carbonyl (C=O) groups is 1. The molecule has 1 aromatic heterocycles. The number of aromatic nitrogens is 2. The van der Waals surface area contributed by atoms with Gasteiger partial charge in [-0.15, -0.1) is 0 Å². The van der Waals surface area contributed by atoms with E-state index in [1.165, 1.54) is 0 Å². The summed E-state index contributed by atoms with van der Waals surface area (Å²) in [5.41, 5.74) is 0. The summed E-state index contributed by atoms with van der Waals surface area (Å²) < 4.78 is 5.07. The quantitative estimate of drug-likeness (QED) is 0.793.